The van der Waals surface area contributed by atoms with E-state index >= 15 is 0 Å². The zero-order chi connectivity index (χ0) is 21.0. The first-order chi connectivity index (χ1) is 13.8. The number of hydrogen-bond donors (Lipinski definition) is 3. The van der Waals surface area contributed by atoms with Crippen LogP contribution in [0.5, 0.6) is 0 Å². The van der Waals surface area contributed by atoms with E-state index in [1.165, 1.54) is 30.5 Å². The van der Waals surface area contributed by atoms with Crippen LogP contribution in [0.1, 0.15) is 16.1 Å². The minimum Gasteiger partial charge on any atom is -0.276 e. The first-order valence-corrected chi connectivity index (χ1v) is 10.8. The van der Waals surface area contributed by atoms with Crippen LogP contribution in [0.3, 0.4) is 0 Å². The number of benzene rings is 1. The van der Waals surface area contributed by atoms with E-state index in [1.807, 2.05) is 24.4 Å². The zero-order valence-corrected chi connectivity index (χ0v) is 17.3. The molecule has 0 radical (unpaired) electrons. The van der Waals surface area contributed by atoms with E-state index in [0.717, 1.165) is 14.7 Å². The molecule has 0 atom stereocenters. The maximum absolute atomic E-state index is 12.5. The Balaban J connectivity index is 1.55. The summed E-state index contributed by atoms with van der Waals surface area (Å²) < 4.78 is 25.9. The highest BCUT2D eigenvalue weighted by atomic mass is 32.2. The van der Waals surface area contributed by atoms with Gasteiger partial charge in [-0.15, -0.1) is 11.3 Å². The van der Waals surface area contributed by atoms with E-state index in [-0.39, 0.29) is 10.6 Å². The number of hydrogen-bond acceptors (Lipinski definition) is 6. The summed E-state index contributed by atoms with van der Waals surface area (Å²) in [5, 5.41) is 8.56. The van der Waals surface area contributed by atoms with Crippen molar-refractivity contribution in [1.82, 2.24) is 25.4 Å². The number of carbonyl (C=O) groups excluding carboxylic acids is 2. The summed E-state index contributed by atoms with van der Waals surface area (Å²) in [5.41, 5.74) is 6.11. The molecule has 0 saturated carbocycles. The van der Waals surface area contributed by atoms with E-state index < -0.39 is 28.4 Å². The van der Waals surface area contributed by atoms with Crippen molar-refractivity contribution in [3.63, 3.8) is 0 Å². The van der Waals surface area contributed by atoms with Gasteiger partial charge in [0.2, 0.25) is 10.0 Å². The lowest BCUT2D eigenvalue weighted by Crippen LogP contribution is -2.46. The topological polar surface area (TPSA) is 124 Å². The predicted octanol–water partition coefficient (Wildman–Crippen LogP) is 1.53. The summed E-state index contributed by atoms with van der Waals surface area (Å²) >= 11 is 1.49. The van der Waals surface area contributed by atoms with Crippen molar-refractivity contribution in [3.05, 3.63) is 59.1 Å². The number of rotatable bonds is 6. The van der Waals surface area contributed by atoms with Crippen molar-refractivity contribution in [3.8, 4) is 10.6 Å². The average Bonchev–Trinajstić information content (AvgIpc) is 3.38. The highest BCUT2D eigenvalue weighted by molar-refractivity contribution is 7.89. The SMILES string of the molecule is Cc1ccc(S(=O)(=O)N(C)CC(=O)NNC(=O)c2cc(-c3cccs3)[nH]n2)cc1. The summed E-state index contributed by atoms with van der Waals surface area (Å²) in [5.74, 6) is -1.31. The Labute approximate surface area is 171 Å². The second-order valence-corrected chi connectivity index (χ2v) is 9.21. The number of sulfonamides is 1. The molecule has 3 rings (SSSR count). The summed E-state index contributed by atoms with van der Waals surface area (Å²) in [4.78, 5) is 25.2. The molecule has 2 amide bonds. The number of likely N-dealkylation sites (N-methyl/N-ethyl adjacent to an activating group) is 1. The number of aromatic nitrogens is 2. The molecule has 0 aliphatic heterocycles. The molecule has 0 fully saturated rings. The standard InChI is InChI=1S/C18H19N5O4S2/c1-12-5-7-13(8-6-12)29(26,27)23(2)11-17(24)21-22-18(25)15-10-14(19-20-15)16-4-3-9-28-16/h3-10H,11H2,1-2H3,(H,19,20)(H,21,24)(H,22,25). The molecule has 3 aromatic rings. The Kier molecular flexibility index (Phi) is 6.11. The van der Waals surface area contributed by atoms with Crippen LogP contribution in [0, 0.1) is 6.92 Å². The van der Waals surface area contributed by atoms with Gasteiger partial charge in [-0.25, -0.2) is 8.42 Å². The van der Waals surface area contributed by atoms with E-state index in [9.17, 15) is 18.0 Å². The fourth-order valence-corrected chi connectivity index (χ4v) is 4.22. The molecule has 0 unspecified atom stereocenters. The van der Waals surface area contributed by atoms with Gasteiger partial charge in [-0.1, -0.05) is 23.8 Å². The zero-order valence-electron chi connectivity index (χ0n) is 15.7. The second-order valence-electron chi connectivity index (χ2n) is 6.22. The van der Waals surface area contributed by atoms with Crippen molar-refractivity contribution < 1.29 is 18.0 Å². The Morgan fingerprint density at radius 1 is 1.17 bits per heavy atom. The van der Waals surface area contributed by atoms with Crippen LogP contribution in [0.25, 0.3) is 10.6 Å². The molecule has 152 valence electrons. The van der Waals surface area contributed by atoms with Crippen LogP contribution in [0.4, 0.5) is 0 Å². The minimum absolute atomic E-state index is 0.0834. The van der Waals surface area contributed by atoms with E-state index in [1.54, 1.807) is 18.2 Å². The smallest absolute Gasteiger partial charge is 0.276 e. The van der Waals surface area contributed by atoms with Crippen LogP contribution in [-0.2, 0) is 14.8 Å². The summed E-state index contributed by atoms with van der Waals surface area (Å²) in [6.07, 6.45) is 0. The lowest BCUT2D eigenvalue weighted by atomic mass is 10.2. The number of hydrazine groups is 1. The van der Waals surface area contributed by atoms with Gasteiger partial charge >= 0.3 is 0 Å². The minimum atomic E-state index is -3.82. The third-order valence-electron chi connectivity index (χ3n) is 4.01. The highest BCUT2D eigenvalue weighted by Gasteiger charge is 2.23. The van der Waals surface area contributed by atoms with Crippen LogP contribution >= 0.6 is 11.3 Å². The van der Waals surface area contributed by atoms with Crippen LogP contribution in [0.2, 0.25) is 0 Å². The summed E-state index contributed by atoms with van der Waals surface area (Å²) in [6.45, 7) is 1.39. The summed E-state index contributed by atoms with van der Waals surface area (Å²) in [6, 6.07) is 11.6. The first-order valence-electron chi connectivity index (χ1n) is 8.49. The van der Waals surface area contributed by atoms with E-state index in [4.69, 9.17) is 0 Å². The van der Waals surface area contributed by atoms with E-state index in [2.05, 4.69) is 21.0 Å². The second kappa shape index (κ2) is 8.55. The van der Waals surface area contributed by atoms with Crippen LogP contribution in [-0.4, -0.2) is 48.3 Å². The Morgan fingerprint density at radius 2 is 1.90 bits per heavy atom. The number of nitrogens with one attached hydrogen (secondary N) is 3. The van der Waals surface area contributed by atoms with Gasteiger partial charge in [0.25, 0.3) is 11.8 Å². The molecule has 0 saturated heterocycles. The van der Waals surface area contributed by atoms with Crippen molar-refractivity contribution >= 4 is 33.2 Å². The van der Waals surface area contributed by atoms with Gasteiger partial charge in [0.1, 0.15) is 0 Å². The molecule has 1 aromatic carbocycles. The highest BCUT2D eigenvalue weighted by Crippen LogP contribution is 2.22. The van der Waals surface area contributed by atoms with Gasteiger partial charge in [0, 0.05) is 7.05 Å². The molecule has 0 spiro atoms. The molecule has 2 heterocycles. The number of nitrogens with zero attached hydrogens (tertiary/aromatic N) is 2. The number of aromatic amines is 1. The molecule has 11 heteroatoms. The van der Waals surface area contributed by atoms with Gasteiger partial charge in [-0.2, -0.15) is 9.40 Å². The molecule has 0 aliphatic carbocycles. The quantitative estimate of drug-likeness (QED) is 0.509. The fourth-order valence-electron chi connectivity index (χ4n) is 2.40. The Hall–Kier alpha value is -3.02. The molecule has 0 bridgehead atoms. The summed E-state index contributed by atoms with van der Waals surface area (Å²) in [7, 11) is -2.53. The van der Waals surface area contributed by atoms with Gasteiger partial charge in [0.15, 0.2) is 5.69 Å². The maximum atomic E-state index is 12.5. The van der Waals surface area contributed by atoms with E-state index in [0.29, 0.717) is 5.69 Å². The molecular weight excluding hydrogens is 414 g/mol. The van der Waals surface area contributed by atoms with Crippen molar-refractivity contribution in [2.75, 3.05) is 13.6 Å². The maximum Gasteiger partial charge on any atom is 0.290 e. The van der Waals surface area contributed by atoms with Crippen molar-refractivity contribution in [2.45, 2.75) is 11.8 Å². The molecule has 2 aromatic heterocycles. The fraction of sp³-hybridized carbons (Fsp3) is 0.167. The third kappa shape index (κ3) is 4.88. The monoisotopic (exact) mass is 433 g/mol. The number of aryl methyl sites for hydroxylation is 1. The van der Waals surface area contributed by atoms with Gasteiger partial charge in [-0.05, 0) is 36.6 Å². The van der Waals surface area contributed by atoms with Crippen molar-refractivity contribution in [2.24, 2.45) is 0 Å². The average molecular weight is 434 g/mol. The third-order valence-corrected chi connectivity index (χ3v) is 6.73. The lowest BCUT2D eigenvalue weighted by Gasteiger charge is -2.17. The number of carbonyl (C=O) groups is 2. The number of H-pyrrole nitrogens is 1. The van der Waals surface area contributed by atoms with Crippen LogP contribution in [0.15, 0.2) is 52.7 Å². The molecule has 9 nitrogen and oxygen atoms in total. The predicted molar refractivity (Wildman–Crippen MR) is 109 cm³/mol. The molecule has 3 N–H and O–H groups in total. The molecular formula is C18H19N5O4S2. The molecule has 29 heavy (non-hydrogen) atoms. The number of amides is 2. The normalized spacial score (nSPS) is 11.4. The Morgan fingerprint density at radius 3 is 2.55 bits per heavy atom. The van der Waals surface area contributed by atoms with Crippen LogP contribution < -0.4 is 10.9 Å². The van der Waals surface area contributed by atoms with Crippen molar-refractivity contribution in [1.29, 1.82) is 0 Å². The largest absolute Gasteiger partial charge is 0.290 e. The van der Waals surface area contributed by atoms with Gasteiger partial charge in [-0.3, -0.25) is 25.5 Å². The molecule has 0 aliphatic rings. The Bertz CT molecular complexity index is 1110. The van der Waals surface area contributed by atoms with Gasteiger partial charge < -0.3 is 0 Å². The lowest BCUT2D eigenvalue weighted by molar-refractivity contribution is -0.121. The number of thiophene rings is 1. The first kappa shape index (κ1) is 20.7. The van der Waals surface area contributed by atoms with Gasteiger partial charge in [0.05, 0.1) is 22.0 Å².